The normalized spacial score (nSPS) is 17.1. The number of hydrogen-bond donors (Lipinski definition) is 2. The molecule has 5 heteroatoms. The summed E-state index contributed by atoms with van der Waals surface area (Å²) in [5.41, 5.74) is 0. The van der Waals surface area contributed by atoms with Crippen molar-refractivity contribution in [1.82, 2.24) is 10.2 Å². The topological polar surface area (TPSA) is 69.6 Å². The molecule has 0 spiro atoms. The standard InChI is InChI=1S/C11H20N2O3/c1-13(8-2-3-10(14)15)11(16)9-4-6-12-7-5-9/h9,12H,2-8H2,1H3,(H,14,15). The lowest BCUT2D eigenvalue weighted by molar-refractivity contribution is -0.139. The first-order valence-corrected chi connectivity index (χ1v) is 5.78. The molecule has 0 bridgehead atoms. The van der Waals surface area contributed by atoms with E-state index in [1.165, 1.54) is 0 Å². The van der Waals surface area contributed by atoms with Gasteiger partial charge in [-0.05, 0) is 32.4 Å². The Bertz CT molecular complexity index is 250. The molecule has 0 radical (unpaired) electrons. The molecule has 1 amide bonds. The van der Waals surface area contributed by atoms with Gasteiger partial charge in [-0.3, -0.25) is 9.59 Å². The molecule has 0 aromatic rings. The van der Waals surface area contributed by atoms with Gasteiger partial charge in [0.1, 0.15) is 0 Å². The first-order valence-electron chi connectivity index (χ1n) is 5.78. The maximum absolute atomic E-state index is 11.9. The number of nitrogens with one attached hydrogen (secondary N) is 1. The molecule has 0 aromatic heterocycles. The summed E-state index contributed by atoms with van der Waals surface area (Å²) in [6.45, 7) is 2.34. The number of nitrogens with zero attached hydrogens (tertiary/aromatic N) is 1. The summed E-state index contributed by atoms with van der Waals surface area (Å²) >= 11 is 0. The van der Waals surface area contributed by atoms with Crippen molar-refractivity contribution >= 4 is 11.9 Å². The summed E-state index contributed by atoms with van der Waals surface area (Å²) in [5, 5.41) is 11.7. The van der Waals surface area contributed by atoms with Crippen molar-refractivity contribution < 1.29 is 14.7 Å². The van der Waals surface area contributed by atoms with E-state index in [1.54, 1.807) is 11.9 Å². The van der Waals surface area contributed by atoms with E-state index >= 15 is 0 Å². The number of carbonyl (C=O) groups is 2. The number of rotatable bonds is 5. The highest BCUT2D eigenvalue weighted by atomic mass is 16.4. The van der Waals surface area contributed by atoms with Crippen molar-refractivity contribution in [2.24, 2.45) is 5.92 Å². The molecule has 0 aromatic carbocycles. The minimum absolute atomic E-state index is 0.121. The quantitative estimate of drug-likeness (QED) is 0.710. The number of carbonyl (C=O) groups excluding carboxylic acids is 1. The van der Waals surface area contributed by atoms with Gasteiger partial charge < -0.3 is 15.3 Å². The lowest BCUT2D eigenvalue weighted by Gasteiger charge is -2.26. The average Bonchev–Trinajstić information content (AvgIpc) is 2.28. The summed E-state index contributed by atoms with van der Waals surface area (Å²) in [7, 11) is 1.76. The van der Waals surface area contributed by atoms with Gasteiger partial charge in [-0.1, -0.05) is 0 Å². The Morgan fingerprint density at radius 2 is 2.00 bits per heavy atom. The molecule has 0 aliphatic carbocycles. The van der Waals surface area contributed by atoms with Crippen LogP contribution in [0.5, 0.6) is 0 Å². The second-order valence-electron chi connectivity index (χ2n) is 4.28. The Morgan fingerprint density at radius 3 is 2.56 bits per heavy atom. The van der Waals surface area contributed by atoms with E-state index in [9.17, 15) is 9.59 Å². The van der Waals surface area contributed by atoms with E-state index < -0.39 is 5.97 Å². The maximum Gasteiger partial charge on any atom is 0.303 e. The molecule has 0 atom stereocenters. The Labute approximate surface area is 95.8 Å². The molecule has 1 saturated heterocycles. The van der Waals surface area contributed by atoms with Gasteiger partial charge in [0.25, 0.3) is 0 Å². The van der Waals surface area contributed by atoms with Gasteiger partial charge >= 0.3 is 5.97 Å². The fraction of sp³-hybridized carbons (Fsp3) is 0.818. The monoisotopic (exact) mass is 228 g/mol. The van der Waals surface area contributed by atoms with Crippen molar-refractivity contribution in [2.45, 2.75) is 25.7 Å². The van der Waals surface area contributed by atoms with Crippen LogP contribution in [0.15, 0.2) is 0 Å². The highest BCUT2D eigenvalue weighted by Crippen LogP contribution is 2.14. The number of carboxylic acids is 1. The second kappa shape index (κ2) is 6.48. The van der Waals surface area contributed by atoms with Crippen molar-refractivity contribution in [3.63, 3.8) is 0 Å². The molecule has 0 unspecified atom stereocenters. The first kappa shape index (κ1) is 13.0. The van der Waals surface area contributed by atoms with Gasteiger partial charge in [-0.15, -0.1) is 0 Å². The molecule has 1 aliphatic heterocycles. The van der Waals surface area contributed by atoms with E-state index in [0.29, 0.717) is 13.0 Å². The molecule has 2 N–H and O–H groups in total. The smallest absolute Gasteiger partial charge is 0.303 e. The van der Waals surface area contributed by atoms with E-state index in [4.69, 9.17) is 5.11 Å². The molecular formula is C11H20N2O3. The van der Waals surface area contributed by atoms with Crippen LogP contribution >= 0.6 is 0 Å². The number of piperidine rings is 1. The van der Waals surface area contributed by atoms with Crippen LogP contribution in [-0.4, -0.2) is 48.6 Å². The number of aliphatic carboxylic acids is 1. The fourth-order valence-electron chi connectivity index (χ4n) is 1.96. The lowest BCUT2D eigenvalue weighted by atomic mass is 9.96. The summed E-state index contributed by atoms with van der Waals surface area (Å²) in [6, 6.07) is 0. The van der Waals surface area contributed by atoms with Gasteiger partial charge in [-0.25, -0.2) is 0 Å². The van der Waals surface area contributed by atoms with Crippen LogP contribution < -0.4 is 5.32 Å². The molecule has 1 aliphatic rings. The largest absolute Gasteiger partial charge is 0.481 e. The van der Waals surface area contributed by atoms with Crippen LogP contribution in [0.4, 0.5) is 0 Å². The van der Waals surface area contributed by atoms with Crippen LogP contribution in [0.1, 0.15) is 25.7 Å². The molecule has 92 valence electrons. The zero-order valence-electron chi connectivity index (χ0n) is 9.74. The lowest BCUT2D eigenvalue weighted by Crippen LogP contribution is -2.39. The summed E-state index contributed by atoms with van der Waals surface area (Å²) in [4.78, 5) is 23.9. The first-order chi connectivity index (χ1) is 7.61. The van der Waals surface area contributed by atoms with Crippen LogP contribution in [0.25, 0.3) is 0 Å². The molecule has 5 nitrogen and oxygen atoms in total. The highest BCUT2D eigenvalue weighted by Gasteiger charge is 2.23. The van der Waals surface area contributed by atoms with Crippen molar-refractivity contribution in [1.29, 1.82) is 0 Å². The van der Waals surface area contributed by atoms with Crippen molar-refractivity contribution in [2.75, 3.05) is 26.7 Å². The van der Waals surface area contributed by atoms with Crippen LogP contribution in [0.2, 0.25) is 0 Å². The van der Waals surface area contributed by atoms with Crippen LogP contribution in [-0.2, 0) is 9.59 Å². The molecular weight excluding hydrogens is 208 g/mol. The van der Waals surface area contributed by atoms with Crippen molar-refractivity contribution in [3.05, 3.63) is 0 Å². The van der Waals surface area contributed by atoms with E-state index in [-0.39, 0.29) is 18.2 Å². The molecule has 0 saturated carbocycles. The van der Waals surface area contributed by atoms with Crippen LogP contribution in [0, 0.1) is 5.92 Å². The Morgan fingerprint density at radius 1 is 1.38 bits per heavy atom. The minimum Gasteiger partial charge on any atom is -0.481 e. The third-order valence-corrected chi connectivity index (χ3v) is 2.95. The zero-order valence-corrected chi connectivity index (χ0v) is 9.74. The Balaban J connectivity index is 2.26. The SMILES string of the molecule is CN(CCCC(=O)O)C(=O)C1CCNCC1. The summed E-state index contributed by atoms with van der Waals surface area (Å²) in [6.07, 6.45) is 2.44. The predicted molar refractivity (Wildman–Crippen MR) is 60.1 cm³/mol. The average molecular weight is 228 g/mol. The van der Waals surface area contributed by atoms with Gasteiger partial charge in [-0.2, -0.15) is 0 Å². The Kier molecular flexibility index (Phi) is 5.25. The number of carboxylic acid groups (broad SMARTS) is 1. The van der Waals surface area contributed by atoms with Gasteiger partial charge in [0.2, 0.25) is 5.91 Å². The summed E-state index contributed by atoms with van der Waals surface area (Å²) in [5.74, 6) is -0.523. The van der Waals surface area contributed by atoms with Crippen LogP contribution in [0.3, 0.4) is 0 Å². The minimum atomic E-state index is -0.803. The predicted octanol–water partition coefficient (Wildman–Crippen LogP) is 0.309. The third-order valence-electron chi connectivity index (χ3n) is 2.95. The summed E-state index contributed by atoms with van der Waals surface area (Å²) < 4.78 is 0. The van der Waals surface area contributed by atoms with Gasteiger partial charge in [0, 0.05) is 25.9 Å². The zero-order chi connectivity index (χ0) is 12.0. The Hall–Kier alpha value is -1.10. The third kappa shape index (κ3) is 4.18. The second-order valence-corrected chi connectivity index (χ2v) is 4.28. The number of amides is 1. The molecule has 16 heavy (non-hydrogen) atoms. The van der Waals surface area contributed by atoms with E-state index in [2.05, 4.69) is 5.32 Å². The maximum atomic E-state index is 11.9. The van der Waals surface area contributed by atoms with E-state index in [0.717, 1.165) is 25.9 Å². The van der Waals surface area contributed by atoms with Gasteiger partial charge in [0.15, 0.2) is 0 Å². The van der Waals surface area contributed by atoms with E-state index in [1.807, 2.05) is 0 Å². The van der Waals surface area contributed by atoms with Crippen molar-refractivity contribution in [3.8, 4) is 0 Å². The molecule has 1 rings (SSSR count). The number of hydrogen-bond acceptors (Lipinski definition) is 3. The fourth-order valence-corrected chi connectivity index (χ4v) is 1.96. The molecule has 1 heterocycles. The van der Waals surface area contributed by atoms with Gasteiger partial charge in [0.05, 0.1) is 0 Å². The highest BCUT2D eigenvalue weighted by molar-refractivity contribution is 5.78. The molecule has 1 fully saturated rings.